The fourth-order valence-corrected chi connectivity index (χ4v) is 2.12. The van der Waals surface area contributed by atoms with Crippen LogP contribution in [0.3, 0.4) is 0 Å². The molecular formula is C12H14N2O2S. The van der Waals surface area contributed by atoms with Gasteiger partial charge in [0.05, 0.1) is 19.6 Å². The van der Waals surface area contributed by atoms with Crippen LogP contribution in [0.4, 0.5) is 0 Å². The maximum absolute atomic E-state index is 11.5. The van der Waals surface area contributed by atoms with E-state index in [1.165, 1.54) is 0 Å². The van der Waals surface area contributed by atoms with Crippen LogP contribution in [-0.2, 0) is 4.79 Å². The lowest BCUT2D eigenvalue weighted by Crippen LogP contribution is -2.28. The monoisotopic (exact) mass is 250 g/mol. The number of thioether (sulfide) groups is 1. The molecule has 0 radical (unpaired) electrons. The van der Waals surface area contributed by atoms with Gasteiger partial charge in [-0.2, -0.15) is 0 Å². The van der Waals surface area contributed by atoms with Crippen molar-refractivity contribution in [2.75, 3.05) is 18.9 Å². The molecule has 5 heteroatoms. The molecule has 0 aromatic heterocycles. The van der Waals surface area contributed by atoms with E-state index in [-0.39, 0.29) is 5.91 Å². The highest BCUT2D eigenvalue weighted by atomic mass is 32.2. The second-order valence-corrected chi connectivity index (χ2v) is 4.58. The van der Waals surface area contributed by atoms with Crippen molar-refractivity contribution < 1.29 is 9.53 Å². The van der Waals surface area contributed by atoms with Crippen molar-refractivity contribution >= 4 is 22.8 Å². The van der Waals surface area contributed by atoms with Gasteiger partial charge in [0, 0.05) is 5.75 Å². The van der Waals surface area contributed by atoms with Gasteiger partial charge in [0.1, 0.15) is 5.75 Å². The van der Waals surface area contributed by atoms with Gasteiger partial charge < -0.3 is 10.1 Å². The molecular weight excluding hydrogens is 236 g/mol. The Hall–Kier alpha value is -1.49. The van der Waals surface area contributed by atoms with E-state index in [9.17, 15) is 4.79 Å². The van der Waals surface area contributed by atoms with Gasteiger partial charge >= 0.3 is 0 Å². The lowest BCUT2D eigenvalue weighted by molar-refractivity contribution is -0.120. The Morgan fingerprint density at radius 2 is 2.24 bits per heavy atom. The number of aliphatic imine (C=N–C) groups is 1. The zero-order valence-corrected chi connectivity index (χ0v) is 10.2. The highest BCUT2D eigenvalue weighted by molar-refractivity contribution is 8.14. The van der Waals surface area contributed by atoms with Crippen molar-refractivity contribution in [1.29, 1.82) is 0 Å². The summed E-state index contributed by atoms with van der Waals surface area (Å²) in [6.07, 6.45) is 0.342. The number of hydrogen-bond acceptors (Lipinski definition) is 4. The van der Waals surface area contributed by atoms with E-state index in [4.69, 9.17) is 4.74 Å². The largest absolute Gasteiger partial charge is 0.493 e. The van der Waals surface area contributed by atoms with Gasteiger partial charge in [0.15, 0.2) is 5.17 Å². The summed E-state index contributed by atoms with van der Waals surface area (Å²) in [4.78, 5) is 15.7. The highest BCUT2D eigenvalue weighted by Crippen LogP contribution is 2.10. The minimum Gasteiger partial charge on any atom is -0.493 e. The fourth-order valence-electron chi connectivity index (χ4n) is 1.37. The molecule has 0 spiro atoms. The number of amides is 1. The number of hydrogen-bond donors (Lipinski definition) is 1. The van der Waals surface area contributed by atoms with E-state index in [1.807, 2.05) is 30.3 Å². The Labute approximate surface area is 104 Å². The molecule has 1 amide bonds. The molecule has 1 aliphatic heterocycles. The molecule has 0 saturated carbocycles. The molecule has 0 saturated heterocycles. The first-order chi connectivity index (χ1) is 8.34. The van der Waals surface area contributed by atoms with Crippen molar-refractivity contribution in [3.05, 3.63) is 30.3 Å². The third kappa shape index (κ3) is 4.11. The number of para-hydroxylation sites is 1. The van der Waals surface area contributed by atoms with Crippen LogP contribution in [0.1, 0.15) is 6.42 Å². The number of nitrogens with one attached hydrogen (secondary N) is 1. The summed E-state index contributed by atoms with van der Waals surface area (Å²) < 4.78 is 5.43. The summed E-state index contributed by atoms with van der Waals surface area (Å²) in [6, 6.07) is 9.47. The lowest BCUT2D eigenvalue weighted by atomic mass is 10.3. The maximum Gasteiger partial charge on any atom is 0.229 e. The smallest absolute Gasteiger partial charge is 0.229 e. The quantitative estimate of drug-likeness (QED) is 0.884. The molecule has 0 atom stereocenters. The number of amidine groups is 1. The number of nitrogens with zero attached hydrogens (tertiary/aromatic N) is 1. The Bertz CT molecular complexity index is 406. The second kappa shape index (κ2) is 6.30. The van der Waals surface area contributed by atoms with Gasteiger partial charge in [-0.15, -0.1) is 0 Å². The van der Waals surface area contributed by atoms with Crippen LogP contribution in [0.2, 0.25) is 0 Å². The second-order valence-electron chi connectivity index (χ2n) is 3.50. The van der Waals surface area contributed by atoms with Crippen molar-refractivity contribution in [3.8, 4) is 5.75 Å². The molecule has 0 fully saturated rings. The highest BCUT2D eigenvalue weighted by Gasteiger charge is 2.10. The van der Waals surface area contributed by atoms with Crippen LogP contribution in [0.5, 0.6) is 5.75 Å². The molecule has 1 aliphatic rings. The van der Waals surface area contributed by atoms with Crippen molar-refractivity contribution in [2.45, 2.75) is 6.42 Å². The lowest BCUT2D eigenvalue weighted by Gasteiger charge is -2.06. The molecule has 1 heterocycles. The Morgan fingerprint density at radius 3 is 2.94 bits per heavy atom. The predicted octanol–water partition coefficient (Wildman–Crippen LogP) is 1.67. The number of benzene rings is 1. The number of rotatable bonds is 4. The van der Waals surface area contributed by atoms with Crippen LogP contribution in [0, 0.1) is 0 Å². The van der Waals surface area contributed by atoms with Crippen molar-refractivity contribution in [1.82, 2.24) is 5.32 Å². The third-order valence-corrected chi connectivity index (χ3v) is 3.06. The number of carbonyl (C=O) groups is 1. The van der Waals surface area contributed by atoms with Crippen LogP contribution in [0.15, 0.2) is 35.3 Å². The average Bonchev–Trinajstić information content (AvgIpc) is 2.83. The van der Waals surface area contributed by atoms with Crippen LogP contribution < -0.4 is 10.1 Å². The molecule has 1 aromatic carbocycles. The number of ether oxygens (including phenoxy) is 1. The first-order valence-corrected chi connectivity index (χ1v) is 6.48. The standard InChI is InChI=1S/C12H14N2O2S/c15-11(14-12-13-7-9-17-12)6-8-16-10-4-2-1-3-5-10/h1-5H,6-9H2,(H,13,14,15). The van der Waals surface area contributed by atoms with Crippen LogP contribution >= 0.6 is 11.8 Å². The van der Waals surface area contributed by atoms with E-state index in [1.54, 1.807) is 11.8 Å². The average molecular weight is 250 g/mol. The van der Waals surface area contributed by atoms with Crippen molar-refractivity contribution in [3.63, 3.8) is 0 Å². The molecule has 90 valence electrons. The van der Waals surface area contributed by atoms with E-state index in [0.29, 0.717) is 13.0 Å². The molecule has 0 aliphatic carbocycles. The predicted molar refractivity (Wildman–Crippen MR) is 69.5 cm³/mol. The van der Waals surface area contributed by atoms with Crippen LogP contribution in [-0.4, -0.2) is 30.0 Å². The third-order valence-electron chi connectivity index (χ3n) is 2.17. The van der Waals surface area contributed by atoms with Gasteiger partial charge in [-0.1, -0.05) is 30.0 Å². The van der Waals surface area contributed by atoms with Gasteiger partial charge in [-0.3, -0.25) is 9.79 Å². The molecule has 0 unspecified atom stereocenters. The fraction of sp³-hybridized carbons (Fsp3) is 0.333. The van der Waals surface area contributed by atoms with Gasteiger partial charge in [0.2, 0.25) is 5.91 Å². The molecule has 4 nitrogen and oxygen atoms in total. The van der Waals surface area contributed by atoms with E-state index < -0.39 is 0 Å². The molecule has 1 aromatic rings. The summed E-state index contributed by atoms with van der Waals surface area (Å²) in [5.74, 6) is 1.69. The first-order valence-electron chi connectivity index (χ1n) is 5.49. The minimum absolute atomic E-state index is 0.0471. The van der Waals surface area contributed by atoms with Gasteiger partial charge in [0.25, 0.3) is 0 Å². The number of carbonyl (C=O) groups excluding carboxylic acids is 1. The Balaban J connectivity index is 1.66. The zero-order valence-electron chi connectivity index (χ0n) is 9.39. The molecule has 0 bridgehead atoms. The summed E-state index contributed by atoms with van der Waals surface area (Å²) in [6.45, 7) is 1.18. The summed E-state index contributed by atoms with van der Waals surface area (Å²) in [7, 11) is 0. The Kier molecular flexibility index (Phi) is 4.44. The summed E-state index contributed by atoms with van der Waals surface area (Å²) >= 11 is 1.58. The molecule has 2 rings (SSSR count). The van der Waals surface area contributed by atoms with Crippen molar-refractivity contribution in [2.24, 2.45) is 4.99 Å². The maximum atomic E-state index is 11.5. The topological polar surface area (TPSA) is 50.7 Å². The van der Waals surface area contributed by atoms with Gasteiger partial charge in [-0.05, 0) is 12.1 Å². The summed E-state index contributed by atoms with van der Waals surface area (Å²) in [5.41, 5.74) is 0. The summed E-state index contributed by atoms with van der Waals surface area (Å²) in [5, 5.41) is 3.49. The first kappa shape index (κ1) is 12.0. The van der Waals surface area contributed by atoms with E-state index in [2.05, 4.69) is 10.3 Å². The van der Waals surface area contributed by atoms with E-state index >= 15 is 0 Å². The SMILES string of the molecule is O=C(CCOc1ccccc1)NC1=NCCS1. The molecule has 1 N–H and O–H groups in total. The van der Waals surface area contributed by atoms with Gasteiger partial charge in [-0.25, -0.2) is 0 Å². The zero-order chi connectivity index (χ0) is 11.9. The minimum atomic E-state index is -0.0471. The normalized spacial score (nSPS) is 14.2. The van der Waals surface area contributed by atoms with Crippen LogP contribution in [0.25, 0.3) is 0 Å². The Morgan fingerprint density at radius 1 is 1.41 bits per heavy atom. The molecule has 17 heavy (non-hydrogen) atoms. The van der Waals surface area contributed by atoms with E-state index in [0.717, 1.165) is 23.2 Å².